The van der Waals surface area contributed by atoms with E-state index in [0.717, 1.165) is 4.79 Å². The molecule has 82 valence electrons. The molecule has 0 bridgehead atoms. The number of nitro groups is 1. The predicted molar refractivity (Wildman–Crippen MR) is 50.6 cm³/mol. The molecule has 0 radical (unpaired) electrons. The van der Waals surface area contributed by atoms with E-state index in [1.54, 1.807) is 0 Å². The van der Waals surface area contributed by atoms with Crippen molar-refractivity contribution in [2.75, 3.05) is 5.73 Å². The van der Waals surface area contributed by atoms with Crippen LogP contribution in [-0.2, 0) is 0 Å². The van der Waals surface area contributed by atoms with E-state index in [2.05, 4.69) is 20.6 Å². The van der Waals surface area contributed by atoms with Gasteiger partial charge in [0.1, 0.15) is 4.92 Å². The van der Waals surface area contributed by atoms with Crippen molar-refractivity contribution in [1.29, 1.82) is 0 Å². The summed E-state index contributed by atoms with van der Waals surface area (Å²) in [5.74, 6) is -0.176. The third-order valence-electron chi connectivity index (χ3n) is 1.56. The summed E-state index contributed by atoms with van der Waals surface area (Å²) >= 11 is 0. The Kier molecular flexibility index (Phi) is 2.30. The van der Waals surface area contributed by atoms with E-state index in [1.165, 1.54) is 18.3 Å². The first kappa shape index (κ1) is 9.76. The molecule has 2 N–H and O–H groups in total. The van der Waals surface area contributed by atoms with Gasteiger partial charge in [-0.3, -0.25) is 10.1 Å². The first-order valence-corrected chi connectivity index (χ1v) is 3.99. The quantitative estimate of drug-likeness (QED) is 0.425. The van der Waals surface area contributed by atoms with Crippen LogP contribution < -0.4 is 5.73 Å². The fourth-order valence-corrected chi connectivity index (χ4v) is 0.893. The maximum atomic E-state index is 10.3. The maximum absolute atomic E-state index is 10.3. The number of tetrazole rings is 1. The molecule has 0 amide bonds. The van der Waals surface area contributed by atoms with Crippen molar-refractivity contribution < 1.29 is 9.34 Å². The molecule has 0 aliphatic heterocycles. The van der Waals surface area contributed by atoms with Gasteiger partial charge in [-0.15, -0.1) is 0 Å². The van der Waals surface area contributed by atoms with Gasteiger partial charge in [-0.05, 0) is 16.5 Å². The highest BCUT2D eigenvalue weighted by atomic mass is 16.6. The zero-order valence-electron chi connectivity index (χ0n) is 7.72. The topological polar surface area (TPSA) is 138 Å². The van der Waals surface area contributed by atoms with Gasteiger partial charge < -0.3 is 10.2 Å². The molecule has 0 fully saturated rings. The lowest BCUT2D eigenvalue weighted by Crippen LogP contribution is -1.99. The van der Waals surface area contributed by atoms with Crippen LogP contribution in [0, 0.1) is 10.1 Å². The molecule has 0 spiro atoms. The molecule has 2 aromatic heterocycles. The van der Waals surface area contributed by atoms with Crippen LogP contribution in [-0.4, -0.2) is 31.5 Å². The van der Waals surface area contributed by atoms with Crippen molar-refractivity contribution in [2.45, 2.75) is 0 Å². The Hall–Kier alpha value is -2.78. The molecule has 0 aromatic carbocycles. The van der Waals surface area contributed by atoms with Crippen molar-refractivity contribution in [3.8, 4) is 0 Å². The number of nitrogens with two attached hydrogens (primary N) is 1. The second-order valence-corrected chi connectivity index (χ2v) is 2.60. The first-order chi connectivity index (χ1) is 7.66. The van der Waals surface area contributed by atoms with Gasteiger partial charge in [0.2, 0.25) is 0 Å². The number of rotatable bonds is 3. The Morgan fingerprint density at radius 2 is 2.44 bits per heavy atom. The van der Waals surface area contributed by atoms with Crippen LogP contribution in [0.15, 0.2) is 21.7 Å². The Labute approximate surface area is 87.5 Å². The molecule has 0 unspecified atom stereocenters. The monoisotopic (exact) mass is 223 g/mol. The van der Waals surface area contributed by atoms with Crippen molar-refractivity contribution in [3.05, 3.63) is 28.0 Å². The van der Waals surface area contributed by atoms with Crippen LogP contribution in [0.4, 0.5) is 11.8 Å². The van der Waals surface area contributed by atoms with Gasteiger partial charge in [-0.2, -0.15) is 5.10 Å². The van der Waals surface area contributed by atoms with Gasteiger partial charge in [0.25, 0.3) is 5.95 Å². The molecule has 0 atom stereocenters. The van der Waals surface area contributed by atoms with Crippen LogP contribution in [0.5, 0.6) is 0 Å². The van der Waals surface area contributed by atoms with Crippen molar-refractivity contribution in [2.24, 2.45) is 5.10 Å². The number of nitrogen functional groups attached to an aromatic ring is 1. The molecule has 10 nitrogen and oxygen atoms in total. The van der Waals surface area contributed by atoms with Gasteiger partial charge in [0, 0.05) is 0 Å². The van der Waals surface area contributed by atoms with Crippen LogP contribution >= 0.6 is 0 Å². The normalized spacial score (nSPS) is 11.0. The number of anilines is 1. The number of furan rings is 1. The third kappa shape index (κ3) is 1.84. The largest absolute Gasteiger partial charge is 0.433 e. The Balaban J connectivity index is 2.18. The smallest absolute Gasteiger partial charge is 0.400 e. The lowest BCUT2D eigenvalue weighted by Gasteiger charge is -1.88. The summed E-state index contributed by atoms with van der Waals surface area (Å²) in [5, 5.41) is 24.1. The summed E-state index contributed by atoms with van der Waals surface area (Å²) in [4.78, 5) is 10.6. The van der Waals surface area contributed by atoms with Gasteiger partial charge in [-0.25, -0.2) is 0 Å². The minimum atomic E-state index is -0.650. The van der Waals surface area contributed by atoms with Gasteiger partial charge in [-0.1, -0.05) is 9.89 Å². The molecular formula is C6H5N7O3. The first-order valence-electron chi connectivity index (χ1n) is 3.99. The SMILES string of the molecule is Nc1nnnn1N=Cc1ccc([N+](=O)[O-])o1. The Bertz CT molecular complexity index is 542. The van der Waals surface area contributed by atoms with Gasteiger partial charge in [0.05, 0.1) is 12.3 Å². The summed E-state index contributed by atoms with van der Waals surface area (Å²) in [6.45, 7) is 0. The average molecular weight is 223 g/mol. The molecule has 10 heteroatoms. The lowest BCUT2D eigenvalue weighted by molar-refractivity contribution is -0.402. The summed E-state index contributed by atoms with van der Waals surface area (Å²) < 4.78 is 4.81. The minimum Gasteiger partial charge on any atom is -0.400 e. The van der Waals surface area contributed by atoms with Gasteiger partial charge >= 0.3 is 5.88 Å². The molecule has 0 saturated carbocycles. The fraction of sp³-hybridized carbons (Fsp3) is 0. The molecule has 2 rings (SSSR count). The second-order valence-electron chi connectivity index (χ2n) is 2.60. The third-order valence-corrected chi connectivity index (χ3v) is 1.56. The number of aromatic nitrogens is 4. The second kappa shape index (κ2) is 3.76. The average Bonchev–Trinajstić information content (AvgIpc) is 2.83. The maximum Gasteiger partial charge on any atom is 0.433 e. The van der Waals surface area contributed by atoms with E-state index in [4.69, 9.17) is 10.2 Å². The van der Waals surface area contributed by atoms with Crippen molar-refractivity contribution >= 4 is 18.0 Å². The summed E-state index contributed by atoms with van der Waals surface area (Å²) in [5.41, 5.74) is 5.33. The Morgan fingerprint density at radius 1 is 1.62 bits per heavy atom. The van der Waals surface area contributed by atoms with Crippen LogP contribution in [0.3, 0.4) is 0 Å². The van der Waals surface area contributed by atoms with Crippen molar-refractivity contribution in [1.82, 2.24) is 20.3 Å². The molecule has 0 aliphatic rings. The van der Waals surface area contributed by atoms with E-state index in [-0.39, 0.29) is 17.6 Å². The summed E-state index contributed by atoms with van der Waals surface area (Å²) in [7, 11) is 0. The van der Waals surface area contributed by atoms with E-state index >= 15 is 0 Å². The standard InChI is InChI=1S/C6H5N7O3/c7-6-9-10-11-12(6)8-3-4-1-2-5(16-4)13(14)15/h1-3H,(H2,7,9,11). The van der Waals surface area contributed by atoms with Crippen LogP contribution in [0.2, 0.25) is 0 Å². The minimum absolute atomic E-state index is 0.00249. The van der Waals surface area contributed by atoms with Crippen LogP contribution in [0.25, 0.3) is 0 Å². The predicted octanol–water partition coefficient (Wildman–Crippen LogP) is -0.361. The highest BCUT2D eigenvalue weighted by Gasteiger charge is 2.10. The molecule has 16 heavy (non-hydrogen) atoms. The number of hydrogen-bond donors (Lipinski definition) is 1. The van der Waals surface area contributed by atoms with Crippen LogP contribution in [0.1, 0.15) is 5.76 Å². The lowest BCUT2D eigenvalue weighted by atomic mass is 10.5. The molecule has 0 saturated heterocycles. The zero-order valence-corrected chi connectivity index (χ0v) is 7.72. The van der Waals surface area contributed by atoms with E-state index in [1.807, 2.05) is 0 Å². The number of hydrogen-bond acceptors (Lipinski definition) is 8. The molecular weight excluding hydrogens is 218 g/mol. The van der Waals surface area contributed by atoms with E-state index < -0.39 is 4.92 Å². The molecule has 2 heterocycles. The molecule has 2 aromatic rings. The van der Waals surface area contributed by atoms with Gasteiger partial charge in [0.15, 0.2) is 5.76 Å². The van der Waals surface area contributed by atoms with E-state index in [9.17, 15) is 10.1 Å². The number of nitrogens with zero attached hydrogens (tertiary/aromatic N) is 6. The van der Waals surface area contributed by atoms with Crippen molar-refractivity contribution in [3.63, 3.8) is 0 Å². The fourth-order valence-electron chi connectivity index (χ4n) is 0.893. The van der Waals surface area contributed by atoms with E-state index in [0.29, 0.717) is 0 Å². The zero-order chi connectivity index (χ0) is 11.5. The molecule has 0 aliphatic carbocycles. The Morgan fingerprint density at radius 3 is 3.00 bits per heavy atom. The highest BCUT2D eigenvalue weighted by molar-refractivity contribution is 5.76. The summed E-state index contributed by atoms with van der Waals surface area (Å²) in [6, 6.07) is 2.60. The summed E-state index contributed by atoms with van der Waals surface area (Å²) in [6.07, 6.45) is 1.21. The highest BCUT2D eigenvalue weighted by Crippen LogP contribution is 2.13.